The summed E-state index contributed by atoms with van der Waals surface area (Å²) in [5, 5.41) is 6.19. The van der Waals surface area contributed by atoms with Crippen molar-refractivity contribution in [3.8, 4) is 0 Å². The molecule has 2 aliphatic rings. The van der Waals surface area contributed by atoms with E-state index in [1.807, 2.05) is 11.3 Å². The van der Waals surface area contributed by atoms with Gasteiger partial charge in [-0.05, 0) is 42.5 Å². The minimum Gasteiger partial charge on any atom is -0.320 e. The molecule has 0 bridgehead atoms. The van der Waals surface area contributed by atoms with Gasteiger partial charge in [0.25, 0.3) is 5.91 Å². The molecule has 1 aliphatic heterocycles. The zero-order valence-corrected chi connectivity index (χ0v) is 15.5. The molecule has 126 valence electrons. The van der Waals surface area contributed by atoms with Crippen LogP contribution in [0.15, 0.2) is 29.6 Å². The van der Waals surface area contributed by atoms with Crippen LogP contribution in [0.2, 0.25) is 10.0 Å². The number of fused-ring (bicyclic) bond motifs is 1. The van der Waals surface area contributed by atoms with E-state index in [1.165, 1.54) is 28.2 Å². The third kappa shape index (κ3) is 3.33. The highest BCUT2D eigenvalue weighted by molar-refractivity contribution is 7.10. The van der Waals surface area contributed by atoms with Crippen LogP contribution in [-0.2, 0) is 11.2 Å². The number of thiophene rings is 1. The van der Waals surface area contributed by atoms with E-state index in [9.17, 15) is 4.79 Å². The van der Waals surface area contributed by atoms with E-state index in [1.54, 1.807) is 18.2 Å². The molecule has 4 rings (SSSR count). The maximum absolute atomic E-state index is 12.6. The highest BCUT2D eigenvalue weighted by Crippen LogP contribution is 2.42. The summed E-state index contributed by atoms with van der Waals surface area (Å²) in [6.45, 7) is 1.49. The van der Waals surface area contributed by atoms with Gasteiger partial charge in [0.2, 0.25) is 0 Å². The second-order valence-electron chi connectivity index (χ2n) is 6.62. The van der Waals surface area contributed by atoms with Gasteiger partial charge < -0.3 is 10.2 Å². The summed E-state index contributed by atoms with van der Waals surface area (Å²) in [6.07, 6.45) is 3.63. The minimum atomic E-state index is -0.00139. The Hall–Kier alpha value is -1.07. The lowest BCUT2D eigenvalue weighted by molar-refractivity contribution is -0.928. The molecule has 1 aliphatic carbocycles. The van der Waals surface area contributed by atoms with Gasteiger partial charge in [0.05, 0.1) is 17.3 Å². The lowest BCUT2D eigenvalue weighted by atomic mass is 9.96. The highest BCUT2D eigenvalue weighted by Gasteiger charge is 2.43. The zero-order chi connectivity index (χ0) is 16.7. The summed E-state index contributed by atoms with van der Waals surface area (Å²) < 4.78 is 0. The number of amides is 1. The van der Waals surface area contributed by atoms with Gasteiger partial charge in [-0.1, -0.05) is 23.2 Å². The summed E-state index contributed by atoms with van der Waals surface area (Å²) in [5.74, 6) is 0.731. The highest BCUT2D eigenvalue weighted by atomic mass is 35.5. The van der Waals surface area contributed by atoms with Crippen molar-refractivity contribution in [3.63, 3.8) is 0 Å². The van der Waals surface area contributed by atoms with Gasteiger partial charge in [0.1, 0.15) is 6.04 Å². The first-order valence-electron chi connectivity index (χ1n) is 8.27. The van der Waals surface area contributed by atoms with Crippen LogP contribution in [0.4, 0.5) is 5.69 Å². The van der Waals surface area contributed by atoms with E-state index in [-0.39, 0.29) is 5.91 Å². The fraction of sp³-hybridized carbons (Fsp3) is 0.389. The van der Waals surface area contributed by atoms with Crippen molar-refractivity contribution in [1.82, 2.24) is 0 Å². The molecule has 24 heavy (non-hydrogen) atoms. The van der Waals surface area contributed by atoms with Crippen LogP contribution in [0.5, 0.6) is 0 Å². The average molecular weight is 382 g/mol. The van der Waals surface area contributed by atoms with Gasteiger partial charge in [-0.25, -0.2) is 0 Å². The molecule has 0 spiro atoms. The fourth-order valence-corrected chi connectivity index (χ4v) is 4.96. The van der Waals surface area contributed by atoms with Gasteiger partial charge in [-0.2, -0.15) is 0 Å². The molecule has 3 nitrogen and oxygen atoms in total. The quantitative estimate of drug-likeness (QED) is 0.833. The zero-order valence-electron chi connectivity index (χ0n) is 13.1. The molecule has 6 heteroatoms. The predicted molar refractivity (Wildman–Crippen MR) is 99.3 cm³/mol. The van der Waals surface area contributed by atoms with Crippen molar-refractivity contribution < 1.29 is 9.69 Å². The molecule has 1 saturated carbocycles. The van der Waals surface area contributed by atoms with E-state index in [2.05, 4.69) is 16.8 Å². The second-order valence-corrected chi connectivity index (χ2v) is 8.47. The number of quaternary nitrogens is 1. The first kappa shape index (κ1) is 16.4. The molecule has 2 heterocycles. The Morgan fingerprint density at radius 2 is 2.12 bits per heavy atom. The van der Waals surface area contributed by atoms with Gasteiger partial charge in [-0.15, -0.1) is 11.3 Å². The van der Waals surface area contributed by atoms with Crippen LogP contribution >= 0.6 is 34.5 Å². The second kappa shape index (κ2) is 6.68. The lowest BCUT2D eigenvalue weighted by Crippen LogP contribution is -3.14. The predicted octanol–water partition coefficient (Wildman–Crippen LogP) is 3.59. The van der Waals surface area contributed by atoms with Gasteiger partial charge in [-0.3, -0.25) is 4.79 Å². The summed E-state index contributed by atoms with van der Waals surface area (Å²) in [6, 6.07) is 7.85. The number of hydrogen-bond acceptors (Lipinski definition) is 2. The van der Waals surface area contributed by atoms with E-state index in [0.29, 0.717) is 28.3 Å². The van der Waals surface area contributed by atoms with Gasteiger partial charge >= 0.3 is 0 Å². The van der Waals surface area contributed by atoms with Crippen molar-refractivity contribution in [2.75, 3.05) is 18.4 Å². The molecule has 0 radical (unpaired) electrons. The Morgan fingerprint density at radius 3 is 2.92 bits per heavy atom. The number of rotatable bonds is 4. The normalized spacial score (nSPS) is 22.9. The number of hydrogen-bond donors (Lipinski definition) is 2. The maximum atomic E-state index is 12.6. The van der Waals surface area contributed by atoms with Crippen molar-refractivity contribution >= 4 is 46.1 Å². The Labute approximate surface area is 155 Å². The molecule has 2 N–H and O–H groups in total. The molecule has 1 amide bonds. The first-order chi connectivity index (χ1) is 11.6. The summed E-state index contributed by atoms with van der Waals surface area (Å²) in [7, 11) is 0. The monoisotopic (exact) mass is 381 g/mol. The Morgan fingerprint density at radius 1 is 1.29 bits per heavy atom. The summed E-state index contributed by atoms with van der Waals surface area (Å²) in [5.41, 5.74) is 2.06. The molecule has 1 unspecified atom stereocenters. The minimum absolute atomic E-state index is 0.00139. The molecule has 1 aromatic heterocycles. The number of carbonyl (C=O) groups excluding carboxylic acids is 1. The largest absolute Gasteiger partial charge is 0.320 e. The average Bonchev–Trinajstić information content (AvgIpc) is 3.27. The van der Waals surface area contributed by atoms with E-state index in [0.717, 1.165) is 18.9 Å². The third-order valence-electron chi connectivity index (χ3n) is 4.91. The summed E-state index contributed by atoms with van der Waals surface area (Å²) in [4.78, 5) is 15.4. The maximum Gasteiger partial charge on any atom is 0.279 e. The lowest BCUT2D eigenvalue weighted by Gasteiger charge is -2.32. The van der Waals surface area contributed by atoms with Gasteiger partial charge in [0.15, 0.2) is 6.54 Å². The van der Waals surface area contributed by atoms with E-state index < -0.39 is 0 Å². The molecule has 1 fully saturated rings. The van der Waals surface area contributed by atoms with Crippen molar-refractivity contribution in [3.05, 3.63) is 50.1 Å². The van der Waals surface area contributed by atoms with Crippen LogP contribution in [0, 0.1) is 5.92 Å². The molecule has 0 saturated heterocycles. The summed E-state index contributed by atoms with van der Waals surface area (Å²) >= 11 is 14.0. The standard InChI is InChI=1S/C18H18Cl2N2OS/c19-12-3-4-14(20)15(9-12)21-17(23)10-22-7-5-16-13(6-8-24-16)18(22)11-1-2-11/h3-4,6,8-9,11,18H,1-2,5,7,10H2,(H,21,23)/p+1/t18-/m1/s1. The van der Waals surface area contributed by atoms with Crippen LogP contribution in [0.1, 0.15) is 29.3 Å². The number of carbonyl (C=O) groups is 1. The van der Waals surface area contributed by atoms with E-state index >= 15 is 0 Å². The van der Waals surface area contributed by atoms with Crippen LogP contribution in [0.25, 0.3) is 0 Å². The van der Waals surface area contributed by atoms with Crippen LogP contribution in [-0.4, -0.2) is 19.0 Å². The van der Waals surface area contributed by atoms with Crippen molar-refractivity contribution in [2.45, 2.75) is 25.3 Å². The molecule has 2 atom stereocenters. The number of anilines is 1. The number of benzene rings is 1. The first-order valence-corrected chi connectivity index (χ1v) is 9.91. The third-order valence-corrected chi connectivity index (χ3v) is 6.47. The molecular formula is C18H19Cl2N2OS+. The molecule has 1 aromatic carbocycles. The van der Waals surface area contributed by atoms with Crippen molar-refractivity contribution in [1.29, 1.82) is 0 Å². The van der Waals surface area contributed by atoms with Gasteiger partial charge in [0, 0.05) is 27.8 Å². The fourth-order valence-electron chi connectivity index (χ4n) is 3.69. The van der Waals surface area contributed by atoms with Crippen molar-refractivity contribution in [2.24, 2.45) is 5.92 Å². The number of halogens is 2. The smallest absolute Gasteiger partial charge is 0.279 e. The SMILES string of the molecule is O=C(C[NH+]1CCc2sccc2[C@H]1C1CC1)Nc1cc(Cl)ccc1Cl. The Balaban J connectivity index is 1.48. The van der Waals surface area contributed by atoms with Crippen LogP contribution < -0.4 is 10.2 Å². The molecule has 2 aromatic rings. The van der Waals surface area contributed by atoms with Crippen LogP contribution in [0.3, 0.4) is 0 Å². The van der Waals surface area contributed by atoms with E-state index in [4.69, 9.17) is 23.2 Å². The number of nitrogens with one attached hydrogen (secondary N) is 2. The Bertz CT molecular complexity index is 772. The molecular weight excluding hydrogens is 363 g/mol. The topological polar surface area (TPSA) is 33.5 Å². The Kier molecular flexibility index (Phi) is 4.56.